The molecule has 1 amide bonds. The number of nitrogens with one attached hydrogen (secondary N) is 1. The first-order chi connectivity index (χ1) is 8.67. The third-order valence-electron chi connectivity index (χ3n) is 2.53. The topological polar surface area (TPSA) is 47.6 Å². The van der Waals surface area contributed by atoms with E-state index < -0.39 is 0 Å². The lowest BCUT2D eigenvalue weighted by molar-refractivity contribution is -0.123. The summed E-state index contributed by atoms with van der Waals surface area (Å²) in [5.41, 5.74) is 0. The number of para-hydroxylation sites is 2. The Hall–Kier alpha value is -1.71. The smallest absolute Gasteiger partial charge is 0.258 e. The van der Waals surface area contributed by atoms with Gasteiger partial charge in [0.25, 0.3) is 5.91 Å². The van der Waals surface area contributed by atoms with Crippen molar-refractivity contribution >= 4 is 5.91 Å². The maximum atomic E-state index is 11.6. The molecular weight excluding hydrogens is 230 g/mol. The lowest BCUT2D eigenvalue weighted by atomic mass is 10.2. The predicted molar refractivity (Wildman–Crippen MR) is 71.0 cm³/mol. The third-order valence-corrected chi connectivity index (χ3v) is 2.53. The van der Waals surface area contributed by atoms with Crippen LogP contribution in [-0.2, 0) is 4.79 Å². The van der Waals surface area contributed by atoms with Crippen LogP contribution in [0.3, 0.4) is 0 Å². The van der Waals surface area contributed by atoms with Crippen molar-refractivity contribution in [3.05, 3.63) is 24.3 Å². The maximum absolute atomic E-state index is 11.6. The van der Waals surface area contributed by atoms with Gasteiger partial charge in [-0.25, -0.2) is 0 Å². The van der Waals surface area contributed by atoms with Crippen molar-refractivity contribution in [3.63, 3.8) is 0 Å². The Labute approximate surface area is 108 Å². The van der Waals surface area contributed by atoms with E-state index in [1.54, 1.807) is 6.07 Å². The zero-order valence-corrected chi connectivity index (χ0v) is 11.2. The van der Waals surface area contributed by atoms with Crippen molar-refractivity contribution < 1.29 is 14.3 Å². The van der Waals surface area contributed by atoms with Gasteiger partial charge < -0.3 is 14.8 Å². The first-order valence-corrected chi connectivity index (χ1v) is 6.31. The van der Waals surface area contributed by atoms with Gasteiger partial charge in [0.1, 0.15) is 0 Å². The quantitative estimate of drug-likeness (QED) is 0.809. The van der Waals surface area contributed by atoms with Gasteiger partial charge >= 0.3 is 0 Å². The second-order valence-corrected chi connectivity index (χ2v) is 4.05. The van der Waals surface area contributed by atoms with Crippen LogP contribution in [0.2, 0.25) is 0 Å². The molecule has 1 aromatic rings. The monoisotopic (exact) mass is 251 g/mol. The number of benzene rings is 1. The Morgan fingerprint density at radius 1 is 1.22 bits per heavy atom. The van der Waals surface area contributed by atoms with E-state index in [1.165, 1.54) is 0 Å². The van der Waals surface area contributed by atoms with E-state index in [4.69, 9.17) is 9.47 Å². The highest BCUT2D eigenvalue weighted by Crippen LogP contribution is 2.26. The van der Waals surface area contributed by atoms with Gasteiger partial charge in [0.15, 0.2) is 18.1 Å². The molecular formula is C14H21NO3. The molecule has 0 fully saturated rings. The standard InChI is InChI=1S/C14H21NO3/c1-4-11(3)15-14(16)10-18-13-9-7-6-8-12(13)17-5-2/h6-9,11H,4-5,10H2,1-3H3,(H,15,16). The Kier molecular flexibility index (Phi) is 6.05. The molecule has 4 nitrogen and oxygen atoms in total. The summed E-state index contributed by atoms with van der Waals surface area (Å²) in [6.45, 7) is 6.47. The van der Waals surface area contributed by atoms with Crippen LogP contribution in [0, 0.1) is 0 Å². The highest BCUT2D eigenvalue weighted by atomic mass is 16.5. The van der Waals surface area contributed by atoms with Crippen molar-refractivity contribution in [2.45, 2.75) is 33.2 Å². The number of hydrogen-bond acceptors (Lipinski definition) is 3. The van der Waals surface area contributed by atoms with Crippen LogP contribution < -0.4 is 14.8 Å². The zero-order valence-electron chi connectivity index (χ0n) is 11.2. The normalized spacial score (nSPS) is 11.7. The molecule has 100 valence electrons. The van der Waals surface area contributed by atoms with E-state index in [0.717, 1.165) is 6.42 Å². The van der Waals surface area contributed by atoms with Gasteiger partial charge in [0.05, 0.1) is 6.61 Å². The number of amides is 1. The van der Waals surface area contributed by atoms with Crippen molar-refractivity contribution in [2.24, 2.45) is 0 Å². The second kappa shape index (κ2) is 7.58. The van der Waals surface area contributed by atoms with E-state index in [-0.39, 0.29) is 18.6 Å². The van der Waals surface area contributed by atoms with Gasteiger partial charge in [-0.15, -0.1) is 0 Å². The van der Waals surface area contributed by atoms with Crippen molar-refractivity contribution in [1.82, 2.24) is 5.32 Å². The third kappa shape index (κ3) is 4.65. The molecule has 0 heterocycles. The molecule has 4 heteroatoms. The molecule has 1 atom stereocenters. The fourth-order valence-electron chi connectivity index (χ4n) is 1.41. The summed E-state index contributed by atoms with van der Waals surface area (Å²) in [5.74, 6) is 1.14. The minimum atomic E-state index is -0.115. The van der Waals surface area contributed by atoms with Crippen LogP contribution in [0.5, 0.6) is 11.5 Å². The Balaban J connectivity index is 2.50. The number of rotatable bonds is 7. The number of carbonyl (C=O) groups is 1. The minimum absolute atomic E-state index is 0.00836. The van der Waals surface area contributed by atoms with E-state index in [0.29, 0.717) is 18.1 Å². The Morgan fingerprint density at radius 2 is 1.83 bits per heavy atom. The van der Waals surface area contributed by atoms with E-state index in [2.05, 4.69) is 5.32 Å². The van der Waals surface area contributed by atoms with Crippen molar-refractivity contribution in [3.8, 4) is 11.5 Å². The van der Waals surface area contributed by atoms with Crippen molar-refractivity contribution in [1.29, 1.82) is 0 Å². The first kappa shape index (κ1) is 14.4. The summed E-state index contributed by atoms with van der Waals surface area (Å²) in [5, 5.41) is 2.85. The molecule has 1 aromatic carbocycles. The summed E-state index contributed by atoms with van der Waals surface area (Å²) in [7, 11) is 0. The van der Waals surface area contributed by atoms with E-state index in [1.807, 2.05) is 39.0 Å². The van der Waals surface area contributed by atoms with Gasteiger partial charge in [0.2, 0.25) is 0 Å². The van der Waals surface area contributed by atoms with E-state index >= 15 is 0 Å². The van der Waals surface area contributed by atoms with Gasteiger partial charge in [0, 0.05) is 6.04 Å². The molecule has 1 N–H and O–H groups in total. The summed E-state index contributed by atoms with van der Waals surface area (Å²) in [4.78, 5) is 11.6. The average Bonchev–Trinajstić information content (AvgIpc) is 2.38. The number of carbonyl (C=O) groups excluding carboxylic acids is 1. The lowest BCUT2D eigenvalue weighted by Gasteiger charge is -2.13. The highest BCUT2D eigenvalue weighted by molar-refractivity contribution is 5.77. The molecule has 0 spiro atoms. The fourth-order valence-corrected chi connectivity index (χ4v) is 1.41. The summed E-state index contributed by atoms with van der Waals surface area (Å²) >= 11 is 0. The highest BCUT2D eigenvalue weighted by Gasteiger charge is 2.08. The zero-order chi connectivity index (χ0) is 13.4. The van der Waals surface area contributed by atoms with Crippen molar-refractivity contribution in [2.75, 3.05) is 13.2 Å². The molecule has 0 aliphatic rings. The molecule has 0 aliphatic heterocycles. The molecule has 0 saturated heterocycles. The van der Waals surface area contributed by atoms with Gasteiger partial charge in [-0.1, -0.05) is 19.1 Å². The largest absolute Gasteiger partial charge is 0.490 e. The lowest BCUT2D eigenvalue weighted by Crippen LogP contribution is -2.35. The van der Waals surface area contributed by atoms with Gasteiger partial charge in [-0.2, -0.15) is 0 Å². The molecule has 18 heavy (non-hydrogen) atoms. The van der Waals surface area contributed by atoms with Gasteiger partial charge in [-0.3, -0.25) is 4.79 Å². The Morgan fingerprint density at radius 3 is 2.39 bits per heavy atom. The minimum Gasteiger partial charge on any atom is -0.490 e. The molecule has 1 unspecified atom stereocenters. The van der Waals surface area contributed by atoms with Crippen LogP contribution in [-0.4, -0.2) is 25.2 Å². The van der Waals surface area contributed by atoms with Gasteiger partial charge in [-0.05, 0) is 32.4 Å². The van der Waals surface area contributed by atoms with Crippen LogP contribution in [0.25, 0.3) is 0 Å². The SMILES string of the molecule is CCOc1ccccc1OCC(=O)NC(C)CC. The fraction of sp³-hybridized carbons (Fsp3) is 0.500. The second-order valence-electron chi connectivity index (χ2n) is 4.05. The number of hydrogen-bond donors (Lipinski definition) is 1. The first-order valence-electron chi connectivity index (χ1n) is 6.31. The molecule has 0 aromatic heterocycles. The molecule has 0 radical (unpaired) electrons. The van der Waals surface area contributed by atoms with Crippen LogP contribution in [0.4, 0.5) is 0 Å². The predicted octanol–water partition coefficient (Wildman–Crippen LogP) is 2.38. The maximum Gasteiger partial charge on any atom is 0.258 e. The van der Waals surface area contributed by atoms with Crippen LogP contribution >= 0.6 is 0 Å². The van der Waals surface area contributed by atoms with E-state index in [9.17, 15) is 4.79 Å². The summed E-state index contributed by atoms with van der Waals surface area (Å²) in [6, 6.07) is 7.51. The van der Waals surface area contributed by atoms with Crippen LogP contribution in [0.1, 0.15) is 27.2 Å². The molecule has 0 saturated carbocycles. The molecule has 1 rings (SSSR count). The van der Waals surface area contributed by atoms with Crippen LogP contribution in [0.15, 0.2) is 24.3 Å². The number of ether oxygens (including phenoxy) is 2. The molecule has 0 aliphatic carbocycles. The molecule has 0 bridgehead atoms. The summed E-state index contributed by atoms with van der Waals surface area (Å²) in [6.07, 6.45) is 0.904. The average molecular weight is 251 g/mol. The Bertz CT molecular complexity index is 379. The summed E-state index contributed by atoms with van der Waals surface area (Å²) < 4.78 is 10.9.